The Hall–Kier alpha value is -1.89. The van der Waals surface area contributed by atoms with Crippen molar-refractivity contribution in [2.45, 2.75) is 40.5 Å². The number of hydrogen-bond acceptors (Lipinski definition) is 1. The smallest absolute Gasteiger partial charge is 0.0783 e. The summed E-state index contributed by atoms with van der Waals surface area (Å²) in [5.41, 5.74) is 2.50. The molecule has 21 heavy (non-hydrogen) atoms. The van der Waals surface area contributed by atoms with Gasteiger partial charge in [0, 0.05) is 17.0 Å². The van der Waals surface area contributed by atoms with Crippen LogP contribution in [0.5, 0.6) is 0 Å². The lowest BCUT2D eigenvalue weighted by Crippen LogP contribution is -1.91. The first-order valence-corrected chi connectivity index (χ1v) is 7.77. The second kappa shape index (κ2) is 6.71. The Morgan fingerprint density at radius 3 is 2.10 bits per heavy atom. The molecule has 1 nitrogen and oxygen atoms in total. The molecule has 0 amide bonds. The fourth-order valence-corrected chi connectivity index (χ4v) is 2.41. The molecule has 0 bridgehead atoms. The Labute approximate surface area is 128 Å². The molecule has 0 atom stereocenters. The maximum absolute atomic E-state index is 4.55. The quantitative estimate of drug-likeness (QED) is 0.485. The van der Waals surface area contributed by atoms with E-state index in [0.717, 1.165) is 11.4 Å². The SMILES string of the molecule is CC(C)C.CC(C)c1ccnc2c1ccc1ccccc12. The van der Waals surface area contributed by atoms with Gasteiger partial charge < -0.3 is 0 Å². The molecule has 0 spiro atoms. The van der Waals surface area contributed by atoms with Crippen LogP contribution in [0.1, 0.15) is 46.1 Å². The second-order valence-electron chi connectivity index (χ2n) is 6.47. The van der Waals surface area contributed by atoms with Crippen LogP contribution in [0.3, 0.4) is 0 Å². The molecule has 3 rings (SSSR count). The van der Waals surface area contributed by atoms with E-state index in [4.69, 9.17) is 0 Å². The van der Waals surface area contributed by atoms with Crippen LogP contribution in [0.4, 0.5) is 0 Å². The zero-order chi connectivity index (χ0) is 15.4. The third-order valence-corrected chi connectivity index (χ3v) is 3.29. The molecule has 1 heteroatoms. The molecule has 110 valence electrons. The Bertz CT molecular complexity index is 723. The van der Waals surface area contributed by atoms with Gasteiger partial charge in [0.25, 0.3) is 0 Å². The third-order valence-electron chi connectivity index (χ3n) is 3.29. The average molecular weight is 279 g/mol. The summed E-state index contributed by atoms with van der Waals surface area (Å²) in [7, 11) is 0. The van der Waals surface area contributed by atoms with Crippen molar-refractivity contribution < 1.29 is 0 Å². The minimum Gasteiger partial charge on any atom is -0.256 e. The molecule has 0 aliphatic carbocycles. The van der Waals surface area contributed by atoms with Crippen molar-refractivity contribution in [2.24, 2.45) is 5.92 Å². The number of fused-ring (bicyclic) bond motifs is 3. The van der Waals surface area contributed by atoms with Gasteiger partial charge in [-0.25, -0.2) is 0 Å². The van der Waals surface area contributed by atoms with Gasteiger partial charge in [-0.1, -0.05) is 71.0 Å². The van der Waals surface area contributed by atoms with Gasteiger partial charge in [0.05, 0.1) is 5.52 Å². The van der Waals surface area contributed by atoms with E-state index in [1.165, 1.54) is 21.7 Å². The third kappa shape index (κ3) is 3.60. The maximum atomic E-state index is 4.55. The first kappa shape index (κ1) is 15.5. The van der Waals surface area contributed by atoms with Crippen LogP contribution in [-0.4, -0.2) is 4.98 Å². The molecule has 3 aromatic rings. The van der Waals surface area contributed by atoms with Gasteiger partial charge in [0.15, 0.2) is 0 Å². The number of rotatable bonds is 1. The standard InChI is InChI=1S/C16H15N.C4H10/c1-11(2)13-9-10-17-16-14-6-4-3-5-12(14)7-8-15(13)16;1-4(2)3/h3-11H,1-2H3;4H,1-3H3. The van der Waals surface area contributed by atoms with Crippen molar-refractivity contribution in [3.05, 3.63) is 54.2 Å². The summed E-state index contributed by atoms with van der Waals surface area (Å²) >= 11 is 0. The molecular weight excluding hydrogens is 254 g/mol. The molecule has 1 heterocycles. The zero-order valence-electron chi connectivity index (χ0n) is 13.7. The summed E-state index contributed by atoms with van der Waals surface area (Å²) in [5, 5.41) is 3.78. The van der Waals surface area contributed by atoms with E-state index in [-0.39, 0.29) is 0 Å². The van der Waals surface area contributed by atoms with Gasteiger partial charge in [-0.05, 0) is 28.9 Å². The second-order valence-corrected chi connectivity index (χ2v) is 6.47. The predicted octanol–water partition coefficient (Wildman–Crippen LogP) is 6.17. The number of nitrogens with zero attached hydrogens (tertiary/aromatic N) is 1. The average Bonchev–Trinajstić information content (AvgIpc) is 2.45. The maximum Gasteiger partial charge on any atom is 0.0783 e. The molecule has 2 aromatic carbocycles. The largest absolute Gasteiger partial charge is 0.256 e. The molecule has 0 saturated heterocycles. The number of benzene rings is 2. The minimum atomic E-state index is 0.529. The summed E-state index contributed by atoms with van der Waals surface area (Å²) in [6.07, 6.45) is 1.92. The minimum absolute atomic E-state index is 0.529. The number of pyridine rings is 1. The molecule has 0 fully saturated rings. The molecule has 0 radical (unpaired) electrons. The summed E-state index contributed by atoms with van der Waals surface area (Å²) < 4.78 is 0. The predicted molar refractivity (Wildman–Crippen MR) is 93.9 cm³/mol. The summed E-state index contributed by atoms with van der Waals surface area (Å²) in [4.78, 5) is 4.55. The highest BCUT2D eigenvalue weighted by Crippen LogP contribution is 2.29. The Kier molecular flexibility index (Phi) is 4.95. The molecule has 0 N–H and O–H groups in total. The van der Waals surface area contributed by atoms with Crippen LogP contribution >= 0.6 is 0 Å². The monoisotopic (exact) mass is 279 g/mol. The van der Waals surface area contributed by atoms with E-state index >= 15 is 0 Å². The Morgan fingerprint density at radius 2 is 1.43 bits per heavy atom. The molecule has 0 aliphatic rings. The Balaban J connectivity index is 0.000000361. The molecule has 0 aliphatic heterocycles. The van der Waals surface area contributed by atoms with Crippen molar-refractivity contribution in [2.75, 3.05) is 0 Å². The fraction of sp³-hybridized carbons (Fsp3) is 0.350. The van der Waals surface area contributed by atoms with Crippen molar-refractivity contribution in [3.63, 3.8) is 0 Å². The molecular formula is C20H25N. The van der Waals surface area contributed by atoms with Crippen LogP contribution in [0.15, 0.2) is 48.7 Å². The highest BCUT2D eigenvalue weighted by atomic mass is 14.6. The summed E-state index contributed by atoms with van der Waals surface area (Å²) in [6.45, 7) is 11.0. The first-order valence-electron chi connectivity index (χ1n) is 7.77. The van der Waals surface area contributed by atoms with E-state index in [2.05, 4.69) is 82.1 Å². The van der Waals surface area contributed by atoms with Crippen molar-refractivity contribution in [1.29, 1.82) is 0 Å². The van der Waals surface area contributed by atoms with Gasteiger partial charge in [0.1, 0.15) is 0 Å². The molecule has 0 saturated carbocycles. The van der Waals surface area contributed by atoms with Crippen molar-refractivity contribution in [1.82, 2.24) is 4.98 Å². The zero-order valence-corrected chi connectivity index (χ0v) is 13.7. The number of aromatic nitrogens is 1. The van der Waals surface area contributed by atoms with Gasteiger partial charge in [-0.3, -0.25) is 4.98 Å². The van der Waals surface area contributed by atoms with Crippen molar-refractivity contribution >= 4 is 21.7 Å². The van der Waals surface area contributed by atoms with E-state index in [0.29, 0.717) is 5.92 Å². The normalized spacial score (nSPS) is 11.0. The summed E-state index contributed by atoms with van der Waals surface area (Å²) in [5.74, 6) is 1.36. The van der Waals surface area contributed by atoms with E-state index < -0.39 is 0 Å². The summed E-state index contributed by atoms with van der Waals surface area (Å²) in [6, 6.07) is 14.9. The van der Waals surface area contributed by atoms with Gasteiger partial charge in [-0.2, -0.15) is 0 Å². The van der Waals surface area contributed by atoms with Crippen molar-refractivity contribution in [3.8, 4) is 0 Å². The van der Waals surface area contributed by atoms with Gasteiger partial charge in [0.2, 0.25) is 0 Å². The topological polar surface area (TPSA) is 12.9 Å². The first-order chi connectivity index (χ1) is 10.0. The van der Waals surface area contributed by atoms with E-state index in [9.17, 15) is 0 Å². The van der Waals surface area contributed by atoms with Crippen LogP contribution in [0.25, 0.3) is 21.7 Å². The van der Waals surface area contributed by atoms with E-state index in [1.807, 2.05) is 6.20 Å². The fourth-order valence-electron chi connectivity index (χ4n) is 2.41. The molecule has 0 unspecified atom stereocenters. The van der Waals surface area contributed by atoms with E-state index in [1.54, 1.807) is 0 Å². The van der Waals surface area contributed by atoms with Crippen LogP contribution in [0.2, 0.25) is 0 Å². The Morgan fingerprint density at radius 1 is 0.762 bits per heavy atom. The van der Waals surface area contributed by atoms with Crippen LogP contribution in [0, 0.1) is 5.92 Å². The van der Waals surface area contributed by atoms with Gasteiger partial charge >= 0.3 is 0 Å². The van der Waals surface area contributed by atoms with Crippen LogP contribution < -0.4 is 0 Å². The highest BCUT2D eigenvalue weighted by molar-refractivity contribution is 6.06. The highest BCUT2D eigenvalue weighted by Gasteiger charge is 2.07. The van der Waals surface area contributed by atoms with Crippen LogP contribution in [-0.2, 0) is 0 Å². The lowest BCUT2D eigenvalue weighted by molar-refractivity contribution is 0.737. The number of hydrogen-bond donors (Lipinski definition) is 0. The lowest BCUT2D eigenvalue weighted by Gasteiger charge is -2.10. The lowest BCUT2D eigenvalue weighted by atomic mass is 9.96. The molecule has 1 aromatic heterocycles. The van der Waals surface area contributed by atoms with Gasteiger partial charge in [-0.15, -0.1) is 0 Å².